The maximum absolute atomic E-state index is 12.7. The van der Waals surface area contributed by atoms with Crippen LogP contribution in [-0.2, 0) is 0 Å². The van der Waals surface area contributed by atoms with Gasteiger partial charge in [-0.2, -0.15) is 0 Å². The predicted octanol–water partition coefficient (Wildman–Crippen LogP) is 2.13. The first-order valence-corrected chi connectivity index (χ1v) is 6.31. The van der Waals surface area contributed by atoms with Crippen LogP contribution in [0.1, 0.15) is 23.2 Å². The summed E-state index contributed by atoms with van der Waals surface area (Å²) in [6.45, 7) is 2.31. The Labute approximate surface area is 118 Å². The van der Waals surface area contributed by atoms with Gasteiger partial charge in [0.1, 0.15) is 5.82 Å². The van der Waals surface area contributed by atoms with Crippen molar-refractivity contribution >= 4 is 18.2 Å². The van der Waals surface area contributed by atoms with Gasteiger partial charge in [-0.05, 0) is 56.1 Å². The number of likely N-dealkylation sites (tertiary alicyclic amines) is 1. The third-order valence-corrected chi connectivity index (χ3v) is 3.50. The van der Waals surface area contributed by atoms with E-state index in [0.29, 0.717) is 18.0 Å². The number of carbonyl (C=O) groups excluding carboxylic acids is 1. The zero-order chi connectivity index (χ0) is 13.0. The summed E-state index contributed by atoms with van der Waals surface area (Å²) >= 11 is 0. The molecule has 0 spiro atoms. The van der Waals surface area contributed by atoms with E-state index in [-0.39, 0.29) is 30.6 Å². The van der Waals surface area contributed by atoms with E-state index < -0.39 is 0 Å². The molecule has 0 aromatic heterocycles. The highest BCUT2D eigenvalue weighted by molar-refractivity contribution is 5.97. The van der Waals surface area contributed by atoms with Crippen molar-refractivity contribution in [3.63, 3.8) is 0 Å². The van der Waals surface area contributed by atoms with Crippen molar-refractivity contribution in [3.05, 3.63) is 35.6 Å². The van der Waals surface area contributed by atoms with Crippen LogP contribution in [0.4, 0.5) is 4.39 Å². The molecule has 1 aliphatic heterocycles. The zero-order valence-corrected chi connectivity index (χ0v) is 11.5. The summed E-state index contributed by atoms with van der Waals surface area (Å²) < 4.78 is 12.7. The molecule has 1 aromatic carbocycles. The van der Waals surface area contributed by atoms with E-state index in [4.69, 9.17) is 5.11 Å². The fourth-order valence-electron chi connectivity index (χ4n) is 2.26. The second-order valence-electron chi connectivity index (χ2n) is 4.83. The third-order valence-electron chi connectivity index (χ3n) is 3.50. The Morgan fingerprint density at radius 3 is 2.37 bits per heavy atom. The lowest BCUT2D eigenvalue weighted by molar-refractivity contribution is 0.0864. The number of piperidine rings is 1. The van der Waals surface area contributed by atoms with Gasteiger partial charge < -0.3 is 5.11 Å². The highest BCUT2D eigenvalue weighted by Crippen LogP contribution is 2.16. The topological polar surface area (TPSA) is 40.5 Å². The number of halogens is 2. The summed E-state index contributed by atoms with van der Waals surface area (Å²) in [5.74, 6) is 0.0786. The zero-order valence-electron chi connectivity index (χ0n) is 10.7. The van der Waals surface area contributed by atoms with Crippen LogP contribution in [-0.4, -0.2) is 42.0 Å². The maximum Gasteiger partial charge on any atom is 0.176 e. The molecule has 0 aliphatic carbocycles. The van der Waals surface area contributed by atoms with Crippen LogP contribution in [0.3, 0.4) is 0 Å². The van der Waals surface area contributed by atoms with Crippen LogP contribution < -0.4 is 0 Å². The summed E-state index contributed by atoms with van der Waals surface area (Å²) in [5.41, 5.74) is 0.556. The molecule has 1 heterocycles. The summed E-state index contributed by atoms with van der Waals surface area (Å²) in [6, 6.07) is 5.67. The molecule has 106 valence electrons. The molecule has 5 heteroatoms. The normalized spacial score (nSPS) is 16.9. The van der Waals surface area contributed by atoms with Gasteiger partial charge in [-0.15, -0.1) is 12.4 Å². The second kappa shape index (κ2) is 7.58. The summed E-state index contributed by atoms with van der Waals surface area (Å²) in [6.07, 6.45) is 1.88. The van der Waals surface area contributed by atoms with Crippen LogP contribution >= 0.6 is 12.4 Å². The van der Waals surface area contributed by atoms with Crippen LogP contribution in [0.25, 0.3) is 0 Å². The molecule has 3 nitrogen and oxygen atoms in total. The van der Waals surface area contributed by atoms with E-state index in [2.05, 4.69) is 4.90 Å². The second-order valence-corrected chi connectivity index (χ2v) is 4.83. The molecule has 1 aliphatic rings. The van der Waals surface area contributed by atoms with Gasteiger partial charge in [0.2, 0.25) is 0 Å². The standard InChI is InChI=1S/C14H18FNO2.ClH/c15-13-3-1-12(2-4-13)14(18)9-16-7-5-11(10-17)6-8-16;/h1-4,11,17H,5-10H2;1H. The van der Waals surface area contributed by atoms with Gasteiger partial charge >= 0.3 is 0 Å². The van der Waals surface area contributed by atoms with Crippen molar-refractivity contribution in [1.29, 1.82) is 0 Å². The minimum absolute atomic E-state index is 0. The van der Waals surface area contributed by atoms with Crippen LogP contribution in [0.5, 0.6) is 0 Å². The first-order chi connectivity index (χ1) is 8.69. The fourth-order valence-corrected chi connectivity index (χ4v) is 2.26. The molecular weight excluding hydrogens is 269 g/mol. The number of nitrogens with zero attached hydrogens (tertiary/aromatic N) is 1. The van der Waals surface area contributed by atoms with Crippen molar-refractivity contribution in [3.8, 4) is 0 Å². The van der Waals surface area contributed by atoms with E-state index in [1.165, 1.54) is 24.3 Å². The quantitative estimate of drug-likeness (QED) is 0.863. The molecule has 0 saturated carbocycles. The van der Waals surface area contributed by atoms with Gasteiger partial charge in [-0.25, -0.2) is 4.39 Å². The monoisotopic (exact) mass is 287 g/mol. The molecule has 0 unspecified atom stereocenters. The van der Waals surface area contributed by atoms with Crippen molar-refractivity contribution in [2.75, 3.05) is 26.2 Å². The minimum Gasteiger partial charge on any atom is -0.396 e. The molecule has 1 fully saturated rings. The molecule has 19 heavy (non-hydrogen) atoms. The van der Waals surface area contributed by atoms with Crippen molar-refractivity contribution in [2.24, 2.45) is 5.92 Å². The first kappa shape index (κ1) is 16.1. The van der Waals surface area contributed by atoms with Crippen molar-refractivity contribution in [1.82, 2.24) is 4.90 Å². The van der Waals surface area contributed by atoms with Crippen LogP contribution in [0.15, 0.2) is 24.3 Å². The smallest absolute Gasteiger partial charge is 0.176 e. The molecule has 0 radical (unpaired) electrons. The molecule has 1 saturated heterocycles. The number of Topliss-reactive ketones (excluding diaryl/α,β-unsaturated/α-hetero) is 1. The Morgan fingerprint density at radius 2 is 1.84 bits per heavy atom. The molecule has 1 aromatic rings. The lowest BCUT2D eigenvalue weighted by Crippen LogP contribution is -2.38. The largest absolute Gasteiger partial charge is 0.396 e. The van der Waals surface area contributed by atoms with Gasteiger partial charge in [0, 0.05) is 12.2 Å². The van der Waals surface area contributed by atoms with E-state index in [9.17, 15) is 9.18 Å². The predicted molar refractivity (Wildman–Crippen MR) is 74.2 cm³/mol. The summed E-state index contributed by atoms with van der Waals surface area (Å²) in [5, 5.41) is 9.04. The Hall–Kier alpha value is -0.970. The summed E-state index contributed by atoms with van der Waals surface area (Å²) in [4.78, 5) is 14.1. The van der Waals surface area contributed by atoms with E-state index in [0.717, 1.165) is 25.9 Å². The van der Waals surface area contributed by atoms with E-state index in [1.807, 2.05) is 0 Å². The fraction of sp³-hybridized carbons (Fsp3) is 0.500. The molecule has 0 bridgehead atoms. The van der Waals surface area contributed by atoms with Crippen molar-refractivity contribution in [2.45, 2.75) is 12.8 Å². The van der Waals surface area contributed by atoms with Crippen molar-refractivity contribution < 1.29 is 14.3 Å². The highest BCUT2D eigenvalue weighted by atomic mass is 35.5. The summed E-state index contributed by atoms with van der Waals surface area (Å²) in [7, 11) is 0. The number of hydrogen-bond acceptors (Lipinski definition) is 3. The molecule has 0 amide bonds. The number of aliphatic hydroxyl groups is 1. The lowest BCUT2D eigenvalue weighted by Gasteiger charge is -2.30. The molecule has 1 N–H and O–H groups in total. The molecule has 2 rings (SSSR count). The number of benzene rings is 1. The van der Waals surface area contributed by atoms with Gasteiger partial charge in [-0.3, -0.25) is 9.69 Å². The highest BCUT2D eigenvalue weighted by Gasteiger charge is 2.20. The number of carbonyl (C=O) groups is 1. The van der Waals surface area contributed by atoms with Crippen LogP contribution in [0, 0.1) is 11.7 Å². The molecular formula is C14H19ClFNO2. The Morgan fingerprint density at radius 1 is 1.26 bits per heavy atom. The number of hydrogen-bond donors (Lipinski definition) is 1. The molecule has 0 atom stereocenters. The van der Waals surface area contributed by atoms with Gasteiger partial charge in [0.15, 0.2) is 5.78 Å². The number of ketones is 1. The van der Waals surface area contributed by atoms with E-state index >= 15 is 0 Å². The third kappa shape index (κ3) is 4.56. The SMILES string of the molecule is Cl.O=C(CN1CCC(CO)CC1)c1ccc(F)cc1. The van der Waals surface area contributed by atoms with Gasteiger partial charge in [0.25, 0.3) is 0 Å². The average Bonchev–Trinajstić information content (AvgIpc) is 2.40. The number of rotatable bonds is 4. The van der Waals surface area contributed by atoms with Crippen LogP contribution in [0.2, 0.25) is 0 Å². The minimum atomic E-state index is -0.324. The Balaban J connectivity index is 0.00000180. The van der Waals surface area contributed by atoms with Gasteiger partial charge in [0.05, 0.1) is 6.54 Å². The van der Waals surface area contributed by atoms with E-state index in [1.54, 1.807) is 0 Å². The Kier molecular flexibility index (Phi) is 6.42. The first-order valence-electron chi connectivity index (χ1n) is 6.31. The Bertz CT molecular complexity index is 402. The maximum atomic E-state index is 12.7. The lowest BCUT2D eigenvalue weighted by atomic mass is 9.97. The number of aliphatic hydroxyl groups excluding tert-OH is 1. The average molecular weight is 288 g/mol. The van der Waals surface area contributed by atoms with Gasteiger partial charge in [-0.1, -0.05) is 0 Å².